The van der Waals surface area contributed by atoms with Gasteiger partial charge in [0, 0.05) is 29.0 Å². The molecule has 2 aliphatic carbocycles. The number of hydrogen-bond donors (Lipinski definition) is 1. The van der Waals surface area contributed by atoms with Crippen LogP contribution in [0.4, 0.5) is 0 Å². The minimum atomic E-state index is -1.22. The van der Waals surface area contributed by atoms with E-state index in [-0.39, 0.29) is 17.1 Å². The van der Waals surface area contributed by atoms with Gasteiger partial charge in [-0.2, -0.15) is 5.10 Å². The number of rotatable bonds is 7. The monoisotopic (exact) mass is 521 g/mol. The molecule has 0 bridgehead atoms. The predicted molar refractivity (Wildman–Crippen MR) is 119 cm³/mol. The predicted octanol–water partition coefficient (Wildman–Crippen LogP) is 3.94. The van der Waals surface area contributed by atoms with E-state index in [1.165, 1.54) is 5.69 Å². The Hall–Kier alpha value is -0.320. The average molecular weight is 521 g/mol. The third-order valence-corrected chi connectivity index (χ3v) is 8.06. The van der Waals surface area contributed by atoms with Crippen molar-refractivity contribution in [2.75, 3.05) is 6.61 Å². The molecular formula is C20H32IN3O3S. The summed E-state index contributed by atoms with van der Waals surface area (Å²) in [5.74, 6) is 1.28. The van der Waals surface area contributed by atoms with Gasteiger partial charge in [0.1, 0.15) is 8.45 Å². The van der Waals surface area contributed by atoms with Crippen molar-refractivity contribution in [3.05, 3.63) is 15.5 Å². The van der Waals surface area contributed by atoms with Crippen molar-refractivity contribution in [3.8, 4) is 0 Å². The highest BCUT2D eigenvalue weighted by Crippen LogP contribution is 2.66. The lowest BCUT2D eigenvalue weighted by Crippen LogP contribution is -2.54. The SMILES string of the molecule is CCOC(=O)C[C@]1(N[S@@+]([O-])C(C)(C)C)C[C@@H]2[C@H](C1)[C@H]2c1cc(I)nn1C(C)C. The molecule has 0 radical (unpaired) electrons. The van der Waals surface area contributed by atoms with Crippen LogP contribution in [0.25, 0.3) is 0 Å². The second-order valence-electron chi connectivity index (χ2n) is 9.44. The Morgan fingerprint density at radius 1 is 1.46 bits per heavy atom. The van der Waals surface area contributed by atoms with Crippen LogP contribution in [0.3, 0.4) is 0 Å². The Bertz CT molecular complexity index is 719. The van der Waals surface area contributed by atoms with Crippen LogP contribution in [-0.2, 0) is 20.9 Å². The van der Waals surface area contributed by atoms with Gasteiger partial charge in [-0.25, -0.2) is 0 Å². The van der Waals surface area contributed by atoms with E-state index in [4.69, 9.17) is 4.74 Å². The Balaban J connectivity index is 1.77. The number of nitrogens with zero attached hydrogens (tertiary/aromatic N) is 2. The van der Waals surface area contributed by atoms with Crippen molar-refractivity contribution in [1.29, 1.82) is 0 Å². The maximum atomic E-state index is 12.8. The third kappa shape index (κ3) is 4.54. The largest absolute Gasteiger partial charge is 0.598 e. The molecule has 6 nitrogen and oxygen atoms in total. The van der Waals surface area contributed by atoms with Gasteiger partial charge in [-0.1, -0.05) is 0 Å². The maximum absolute atomic E-state index is 12.8. The molecule has 8 heteroatoms. The van der Waals surface area contributed by atoms with Gasteiger partial charge in [-0.3, -0.25) is 9.48 Å². The van der Waals surface area contributed by atoms with Crippen LogP contribution < -0.4 is 4.72 Å². The number of aromatic nitrogens is 2. The Labute approximate surface area is 185 Å². The zero-order valence-corrected chi connectivity index (χ0v) is 20.6. The minimum Gasteiger partial charge on any atom is -0.598 e. The molecule has 1 heterocycles. The standard InChI is InChI=1S/C20H32IN3O3S/c1-7-27-17(25)11-20(23-28(26)19(4,5)6)9-13-14(10-20)18(13)15-8-16(21)22-24(15)12(2)3/h8,12-14,18,23H,7,9-11H2,1-6H3/t13-,14+,18+,20+,28-/m0/s1. The van der Waals surface area contributed by atoms with Gasteiger partial charge in [0.2, 0.25) is 0 Å². The quantitative estimate of drug-likeness (QED) is 0.334. The molecule has 0 saturated heterocycles. The van der Waals surface area contributed by atoms with E-state index in [1.807, 2.05) is 27.7 Å². The smallest absolute Gasteiger partial charge is 0.307 e. The Kier molecular flexibility index (Phi) is 6.45. The first-order valence-electron chi connectivity index (χ1n) is 10.1. The summed E-state index contributed by atoms with van der Waals surface area (Å²) in [5.41, 5.74) is 0.863. The topological polar surface area (TPSA) is 79.2 Å². The molecule has 2 aliphatic rings. The number of hydrogen-bond acceptors (Lipinski definition) is 5. The normalized spacial score (nSPS) is 30.4. The first-order chi connectivity index (χ1) is 13.0. The van der Waals surface area contributed by atoms with Crippen LogP contribution in [0.15, 0.2) is 6.07 Å². The lowest BCUT2D eigenvalue weighted by molar-refractivity contribution is -0.144. The van der Waals surface area contributed by atoms with Crippen LogP contribution in [-0.4, -0.2) is 37.2 Å². The number of fused-ring (bicyclic) bond motifs is 1. The molecule has 2 saturated carbocycles. The number of halogens is 1. The first kappa shape index (κ1) is 22.4. The highest BCUT2D eigenvalue weighted by Gasteiger charge is 2.64. The van der Waals surface area contributed by atoms with Gasteiger partial charge in [-0.15, -0.1) is 4.72 Å². The molecular weight excluding hydrogens is 489 g/mol. The lowest BCUT2D eigenvalue weighted by atomic mass is 9.88. The van der Waals surface area contributed by atoms with Crippen LogP contribution in [0.5, 0.6) is 0 Å². The molecule has 0 unspecified atom stereocenters. The maximum Gasteiger partial charge on any atom is 0.307 e. The van der Waals surface area contributed by atoms with Crippen molar-refractivity contribution < 1.29 is 14.1 Å². The fourth-order valence-electron chi connectivity index (χ4n) is 4.57. The number of carbonyl (C=O) groups excluding carboxylic acids is 1. The molecule has 3 rings (SSSR count). The van der Waals surface area contributed by atoms with Crippen molar-refractivity contribution in [2.24, 2.45) is 11.8 Å². The highest BCUT2D eigenvalue weighted by molar-refractivity contribution is 14.1. The average Bonchev–Trinajstić information content (AvgIpc) is 2.89. The summed E-state index contributed by atoms with van der Waals surface area (Å²) in [5, 5.41) is 4.65. The number of carbonyl (C=O) groups is 1. The fourth-order valence-corrected chi connectivity index (χ4v) is 6.06. The van der Waals surface area contributed by atoms with E-state index in [0.717, 1.165) is 16.5 Å². The van der Waals surface area contributed by atoms with Crippen LogP contribution in [0, 0.1) is 15.5 Å². The van der Waals surface area contributed by atoms with Gasteiger partial charge in [0.05, 0.1) is 18.6 Å². The molecule has 28 heavy (non-hydrogen) atoms. The van der Waals surface area contributed by atoms with Crippen LogP contribution in [0.1, 0.15) is 78.5 Å². The van der Waals surface area contributed by atoms with Gasteiger partial charge in [0.25, 0.3) is 0 Å². The molecule has 1 N–H and O–H groups in total. The summed E-state index contributed by atoms with van der Waals surface area (Å²) in [6.45, 7) is 12.4. The molecule has 0 amide bonds. The van der Waals surface area contributed by atoms with E-state index in [1.54, 1.807) is 0 Å². The van der Waals surface area contributed by atoms with Crippen LogP contribution >= 0.6 is 22.6 Å². The minimum absolute atomic E-state index is 0.208. The van der Waals surface area contributed by atoms with Gasteiger partial charge in [-0.05, 0) is 94.9 Å². The van der Waals surface area contributed by atoms with Gasteiger partial charge < -0.3 is 9.29 Å². The van der Waals surface area contributed by atoms with E-state index >= 15 is 0 Å². The summed E-state index contributed by atoms with van der Waals surface area (Å²) in [6, 6.07) is 2.52. The van der Waals surface area contributed by atoms with E-state index in [2.05, 4.69) is 57.0 Å². The number of nitrogens with one attached hydrogen (secondary N) is 1. The number of ether oxygens (including phenoxy) is 1. The fraction of sp³-hybridized carbons (Fsp3) is 0.800. The lowest BCUT2D eigenvalue weighted by Gasteiger charge is -2.35. The summed E-state index contributed by atoms with van der Waals surface area (Å²) >= 11 is 1.05. The summed E-state index contributed by atoms with van der Waals surface area (Å²) in [7, 11) is 0. The van der Waals surface area contributed by atoms with Crippen molar-refractivity contribution >= 4 is 39.9 Å². The molecule has 1 aromatic rings. The molecule has 158 valence electrons. The second-order valence-corrected chi connectivity index (χ2v) is 12.5. The van der Waals surface area contributed by atoms with Crippen molar-refractivity contribution in [1.82, 2.24) is 14.5 Å². The van der Waals surface area contributed by atoms with Crippen molar-refractivity contribution in [2.45, 2.75) is 83.1 Å². The molecule has 5 atom stereocenters. The summed E-state index contributed by atoms with van der Waals surface area (Å²) in [4.78, 5) is 12.3. The van der Waals surface area contributed by atoms with E-state index in [0.29, 0.717) is 30.4 Å². The Morgan fingerprint density at radius 2 is 2.07 bits per heavy atom. The molecule has 2 fully saturated rings. The second kappa shape index (κ2) is 8.07. The van der Waals surface area contributed by atoms with Gasteiger partial charge in [0.15, 0.2) is 0 Å². The van der Waals surface area contributed by atoms with Crippen molar-refractivity contribution in [3.63, 3.8) is 0 Å². The van der Waals surface area contributed by atoms with E-state index < -0.39 is 16.9 Å². The van der Waals surface area contributed by atoms with Crippen LogP contribution in [0.2, 0.25) is 0 Å². The zero-order valence-electron chi connectivity index (χ0n) is 17.6. The number of esters is 1. The zero-order chi connectivity index (χ0) is 20.9. The van der Waals surface area contributed by atoms with Gasteiger partial charge >= 0.3 is 5.97 Å². The summed E-state index contributed by atoms with van der Waals surface area (Å²) < 4.78 is 24.2. The molecule has 0 spiro atoms. The first-order valence-corrected chi connectivity index (χ1v) is 12.3. The molecule has 0 aromatic carbocycles. The molecule has 1 aromatic heterocycles. The van der Waals surface area contributed by atoms with E-state index in [9.17, 15) is 9.35 Å². The summed E-state index contributed by atoms with van der Waals surface area (Å²) in [6.07, 6.45) is 1.98. The Morgan fingerprint density at radius 3 is 2.57 bits per heavy atom. The highest BCUT2D eigenvalue weighted by atomic mass is 127. The third-order valence-electron chi connectivity index (χ3n) is 5.80. The molecule has 0 aliphatic heterocycles.